The normalized spacial score (nSPS) is 24.4. The van der Waals surface area contributed by atoms with E-state index in [2.05, 4.69) is 11.6 Å². The average molecular weight is 304 g/mol. The van der Waals surface area contributed by atoms with Crippen LogP contribution in [0, 0.1) is 0 Å². The molecular formula is C16H20N2O2S. The molecule has 112 valence electrons. The summed E-state index contributed by atoms with van der Waals surface area (Å²) in [5, 5.41) is 2.71. The van der Waals surface area contributed by atoms with Crippen LogP contribution in [0.2, 0.25) is 0 Å². The van der Waals surface area contributed by atoms with Gasteiger partial charge in [0.25, 0.3) is 0 Å². The summed E-state index contributed by atoms with van der Waals surface area (Å²) in [4.78, 5) is 26.5. The van der Waals surface area contributed by atoms with Crippen molar-refractivity contribution in [1.29, 1.82) is 0 Å². The summed E-state index contributed by atoms with van der Waals surface area (Å²) in [6.45, 7) is 0.784. The first-order valence-electron chi connectivity index (χ1n) is 7.32. The Hall–Kier alpha value is -1.49. The second kappa shape index (κ2) is 5.72. The van der Waals surface area contributed by atoms with Gasteiger partial charge in [-0.05, 0) is 24.7 Å². The molecule has 1 aromatic carbocycles. The van der Waals surface area contributed by atoms with Crippen LogP contribution in [0.4, 0.5) is 0 Å². The monoisotopic (exact) mass is 304 g/mol. The van der Waals surface area contributed by atoms with Crippen LogP contribution in [0.5, 0.6) is 0 Å². The largest absolute Gasteiger partial charge is 0.345 e. The molecule has 1 unspecified atom stereocenters. The van der Waals surface area contributed by atoms with Crippen molar-refractivity contribution in [2.75, 3.05) is 19.3 Å². The van der Waals surface area contributed by atoms with Gasteiger partial charge in [0, 0.05) is 11.3 Å². The lowest BCUT2D eigenvalue weighted by molar-refractivity contribution is -0.146. The highest BCUT2D eigenvalue weighted by molar-refractivity contribution is 8.00. The predicted octanol–water partition coefficient (Wildman–Crippen LogP) is 1.97. The van der Waals surface area contributed by atoms with E-state index < -0.39 is 6.04 Å². The van der Waals surface area contributed by atoms with Crippen molar-refractivity contribution in [1.82, 2.24) is 10.2 Å². The lowest BCUT2D eigenvalue weighted by Crippen LogP contribution is -2.58. The highest BCUT2D eigenvalue weighted by atomic mass is 32.2. The Labute approximate surface area is 129 Å². The zero-order valence-electron chi connectivity index (χ0n) is 12.2. The van der Waals surface area contributed by atoms with Gasteiger partial charge in [-0.2, -0.15) is 11.8 Å². The Bertz CT molecular complexity index is 537. The van der Waals surface area contributed by atoms with Gasteiger partial charge in [0.05, 0.1) is 6.54 Å². The molecule has 1 aromatic rings. The molecule has 0 radical (unpaired) electrons. The fourth-order valence-electron chi connectivity index (χ4n) is 3.10. The fraction of sp³-hybridized carbons (Fsp3) is 0.500. The molecule has 2 fully saturated rings. The van der Waals surface area contributed by atoms with E-state index in [1.807, 2.05) is 42.1 Å². The standard InChI is InChI=1S/C16H20N2O2S/c1-21-16(8-5-9-16)11-18-13(19)10-17-15(20)14(18)12-6-3-2-4-7-12/h2-4,6-7,14H,5,8-11H2,1H3,(H,17,20). The number of thioether (sulfide) groups is 1. The average Bonchev–Trinajstić information content (AvgIpc) is 2.47. The maximum absolute atomic E-state index is 12.4. The molecular weight excluding hydrogens is 284 g/mol. The summed E-state index contributed by atoms with van der Waals surface area (Å²) in [6, 6.07) is 9.09. The summed E-state index contributed by atoms with van der Waals surface area (Å²) < 4.78 is 0.139. The number of hydrogen-bond donors (Lipinski definition) is 1. The molecule has 1 N–H and O–H groups in total. The van der Waals surface area contributed by atoms with Crippen molar-refractivity contribution in [3.05, 3.63) is 35.9 Å². The Morgan fingerprint density at radius 1 is 1.29 bits per heavy atom. The number of nitrogens with one attached hydrogen (secondary N) is 1. The molecule has 1 atom stereocenters. The van der Waals surface area contributed by atoms with E-state index in [9.17, 15) is 9.59 Å². The fourth-order valence-corrected chi connectivity index (χ4v) is 4.07. The van der Waals surface area contributed by atoms with Crippen LogP contribution in [0.15, 0.2) is 30.3 Å². The van der Waals surface area contributed by atoms with Gasteiger partial charge in [-0.3, -0.25) is 9.59 Å². The van der Waals surface area contributed by atoms with Crippen LogP contribution < -0.4 is 5.32 Å². The summed E-state index contributed by atoms with van der Waals surface area (Å²) in [6.07, 6.45) is 5.57. The Kier molecular flexibility index (Phi) is 3.93. The molecule has 1 heterocycles. The zero-order valence-corrected chi connectivity index (χ0v) is 13.0. The summed E-state index contributed by atoms with van der Waals surface area (Å²) >= 11 is 1.83. The van der Waals surface area contributed by atoms with E-state index in [1.54, 1.807) is 4.90 Å². The summed E-state index contributed by atoms with van der Waals surface area (Å²) in [7, 11) is 0. The maximum atomic E-state index is 12.4. The second-order valence-electron chi connectivity index (χ2n) is 5.79. The van der Waals surface area contributed by atoms with Crippen molar-refractivity contribution in [3.63, 3.8) is 0 Å². The summed E-state index contributed by atoms with van der Waals surface area (Å²) in [5.74, 6) is -0.0554. The number of hydrogen-bond acceptors (Lipinski definition) is 3. The molecule has 1 aliphatic heterocycles. The number of carbonyl (C=O) groups excluding carboxylic acids is 2. The first-order chi connectivity index (χ1) is 10.2. The zero-order chi connectivity index (χ0) is 14.9. The van der Waals surface area contributed by atoms with E-state index in [4.69, 9.17) is 0 Å². The molecule has 2 aliphatic rings. The van der Waals surface area contributed by atoms with Gasteiger partial charge in [0.15, 0.2) is 0 Å². The highest BCUT2D eigenvalue weighted by Crippen LogP contribution is 2.44. The van der Waals surface area contributed by atoms with E-state index in [0.29, 0.717) is 6.54 Å². The third kappa shape index (κ3) is 2.67. The molecule has 0 spiro atoms. The van der Waals surface area contributed by atoms with Crippen LogP contribution >= 0.6 is 11.8 Å². The Balaban J connectivity index is 1.89. The van der Waals surface area contributed by atoms with Gasteiger partial charge in [-0.15, -0.1) is 0 Å². The van der Waals surface area contributed by atoms with Gasteiger partial charge in [0.2, 0.25) is 11.8 Å². The molecule has 5 heteroatoms. The van der Waals surface area contributed by atoms with Gasteiger partial charge >= 0.3 is 0 Å². The quantitative estimate of drug-likeness (QED) is 0.925. The molecule has 21 heavy (non-hydrogen) atoms. The third-order valence-electron chi connectivity index (χ3n) is 4.57. The molecule has 0 aromatic heterocycles. The highest BCUT2D eigenvalue weighted by Gasteiger charge is 2.44. The van der Waals surface area contributed by atoms with E-state index in [0.717, 1.165) is 18.4 Å². The van der Waals surface area contributed by atoms with Crippen LogP contribution in [0.1, 0.15) is 30.9 Å². The number of amides is 2. The lowest BCUT2D eigenvalue weighted by Gasteiger charge is -2.46. The SMILES string of the molecule is CSC1(CN2C(=O)CNC(=O)C2c2ccccc2)CCC1. The lowest BCUT2D eigenvalue weighted by atomic mass is 9.83. The molecule has 1 saturated carbocycles. The Morgan fingerprint density at radius 2 is 2.00 bits per heavy atom. The first kappa shape index (κ1) is 14.4. The minimum absolute atomic E-state index is 0.0174. The second-order valence-corrected chi connectivity index (χ2v) is 7.07. The van der Waals surface area contributed by atoms with Crippen molar-refractivity contribution >= 4 is 23.6 Å². The molecule has 1 saturated heterocycles. The van der Waals surface area contributed by atoms with Crippen LogP contribution in [-0.4, -0.2) is 40.8 Å². The van der Waals surface area contributed by atoms with Gasteiger partial charge in [-0.25, -0.2) is 0 Å². The minimum Gasteiger partial charge on any atom is -0.345 e. The number of nitrogens with zero attached hydrogens (tertiary/aromatic N) is 1. The third-order valence-corrected chi connectivity index (χ3v) is 5.97. The Morgan fingerprint density at radius 3 is 2.57 bits per heavy atom. The minimum atomic E-state index is -0.489. The molecule has 2 amide bonds. The first-order valence-corrected chi connectivity index (χ1v) is 8.55. The smallest absolute Gasteiger partial charge is 0.247 e. The van der Waals surface area contributed by atoms with Crippen molar-refractivity contribution in [3.8, 4) is 0 Å². The van der Waals surface area contributed by atoms with Crippen LogP contribution in [0.25, 0.3) is 0 Å². The van der Waals surface area contributed by atoms with E-state index in [-0.39, 0.29) is 23.1 Å². The maximum Gasteiger partial charge on any atom is 0.247 e. The number of carbonyl (C=O) groups is 2. The number of benzene rings is 1. The van der Waals surface area contributed by atoms with Crippen LogP contribution in [-0.2, 0) is 9.59 Å². The van der Waals surface area contributed by atoms with Gasteiger partial charge < -0.3 is 10.2 Å². The van der Waals surface area contributed by atoms with E-state index >= 15 is 0 Å². The van der Waals surface area contributed by atoms with Gasteiger partial charge in [-0.1, -0.05) is 36.8 Å². The molecule has 0 bridgehead atoms. The van der Waals surface area contributed by atoms with Crippen LogP contribution in [0.3, 0.4) is 0 Å². The topological polar surface area (TPSA) is 49.4 Å². The van der Waals surface area contributed by atoms with Gasteiger partial charge in [0.1, 0.15) is 6.04 Å². The number of rotatable bonds is 4. The predicted molar refractivity (Wildman–Crippen MR) is 84.0 cm³/mol. The molecule has 1 aliphatic carbocycles. The van der Waals surface area contributed by atoms with Crippen molar-refractivity contribution in [2.24, 2.45) is 0 Å². The molecule has 4 nitrogen and oxygen atoms in total. The van der Waals surface area contributed by atoms with Crippen molar-refractivity contribution < 1.29 is 9.59 Å². The summed E-state index contributed by atoms with van der Waals surface area (Å²) in [5.41, 5.74) is 0.888. The van der Waals surface area contributed by atoms with Crippen molar-refractivity contribution in [2.45, 2.75) is 30.1 Å². The molecule has 3 rings (SSSR count). The van der Waals surface area contributed by atoms with E-state index in [1.165, 1.54) is 6.42 Å². The number of piperazine rings is 1.